The number of hydrogen-bond donors (Lipinski definition) is 0. The number of benzene rings is 2. The number of amides is 1. The van der Waals surface area contributed by atoms with Crippen LogP contribution in [0.1, 0.15) is 65.6 Å². The van der Waals surface area contributed by atoms with Crippen molar-refractivity contribution < 1.29 is 41.4 Å². The maximum atomic E-state index is 15.3. The summed E-state index contributed by atoms with van der Waals surface area (Å²) in [6.45, 7) is 3.51. The summed E-state index contributed by atoms with van der Waals surface area (Å²) in [6.07, 6.45) is -1.68. The van der Waals surface area contributed by atoms with Crippen molar-refractivity contribution in [1.82, 2.24) is 9.80 Å². The number of alkyl halides is 3. The normalized spacial score (nSPS) is 21.9. The Bertz CT molecular complexity index is 1330. The van der Waals surface area contributed by atoms with Crippen LogP contribution in [0, 0.1) is 11.7 Å². The van der Waals surface area contributed by atoms with Crippen molar-refractivity contribution >= 4 is 23.5 Å². The Morgan fingerprint density at radius 1 is 1.10 bits per heavy atom. The first-order valence-corrected chi connectivity index (χ1v) is 14.4. The number of piperidine rings is 1. The molecule has 0 N–H and O–H groups in total. The van der Waals surface area contributed by atoms with Crippen molar-refractivity contribution in [3.8, 4) is 5.75 Å². The lowest BCUT2D eigenvalue weighted by Gasteiger charge is -2.32. The number of nitrogens with zero attached hydrogens (tertiary/aromatic N) is 2. The Balaban J connectivity index is 1.21. The highest BCUT2D eigenvalue weighted by molar-refractivity contribution is 6.31. The van der Waals surface area contributed by atoms with Gasteiger partial charge in [0.25, 0.3) is 5.91 Å². The topological polar surface area (TPSA) is 68.3 Å². The summed E-state index contributed by atoms with van der Waals surface area (Å²) in [5, 5.41) is 0.303. The fourth-order valence-corrected chi connectivity index (χ4v) is 5.79. The monoisotopic (exact) mass is 612 g/mol. The molecule has 7 nitrogen and oxygen atoms in total. The highest BCUT2D eigenvalue weighted by Gasteiger charge is 2.43. The molecule has 1 saturated carbocycles. The Labute approximate surface area is 246 Å². The summed E-state index contributed by atoms with van der Waals surface area (Å²) in [7, 11) is 1.23. The summed E-state index contributed by atoms with van der Waals surface area (Å²) in [6, 6.07) is 5.19. The Hall–Kier alpha value is -2.89. The number of carbonyl (C=O) groups excluding carboxylic acids is 2. The second-order valence-corrected chi connectivity index (χ2v) is 11.6. The van der Waals surface area contributed by atoms with E-state index in [1.807, 2.05) is 0 Å². The van der Waals surface area contributed by atoms with Crippen molar-refractivity contribution in [2.75, 3.05) is 33.5 Å². The molecule has 228 valence electrons. The third kappa shape index (κ3) is 6.68. The summed E-state index contributed by atoms with van der Waals surface area (Å²) in [5.41, 5.74) is 0.341. The molecule has 2 aliphatic heterocycles. The van der Waals surface area contributed by atoms with E-state index in [9.17, 15) is 22.8 Å². The van der Waals surface area contributed by atoms with E-state index in [4.69, 9.17) is 25.8 Å². The van der Waals surface area contributed by atoms with Crippen molar-refractivity contribution in [2.24, 2.45) is 5.92 Å². The fourth-order valence-electron chi connectivity index (χ4n) is 5.61. The van der Waals surface area contributed by atoms with Crippen LogP contribution in [-0.4, -0.2) is 67.4 Å². The quantitative estimate of drug-likeness (QED) is 0.268. The Morgan fingerprint density at radius 2 is 1.81 bits per heavy atom. The number of rotatable bonds is 8. The van der Waals surface area contributed by atoms with E-state index in [1.165, 1.54) is 30.2 Å². The van der Waals surface area contributed by atoms with E-state index in [0.717, 1.165) is 43.4 Å². The lowest BCUT2D eigenvalue weighted by atomic mass is 9.97. The third-order valence-electron chi connectivity index (χ3n) is 8.26. The van der Waals surface area contributed by atoms with Gasteiger partial charge in [-0.2, -0.15) is 13.2 Å². The van der Waals surface area contributed by atoms with E-state index >= 15 is 4.39 Å². The first-order chi connectivity index (χ1) is 20.0. The minimum Gasteiger partial charge on any atom is -0.493 e. The van der Waals surface area contributed by atoms with Crippen LogP contribution in [0.15, 0.2) is 30.3 Å². The average molecular weight is 613 g/mol. The smallest absolute Gasteiger partial charge is 0.416 e. The lowest BCUT2D eigenvalue weighted by Crippen LogP contribution is -2.45. The number of hydrogen-bond acceptors (Lipinski definition) is 6. The van der Waals surface area contributed by atoms with Crippen LogP contribution in [-0.2, 0) is 27.0 Å². The summed E-state index contributed by atoms with van der Waals surface area (Å²) >= 11 is 6.18. The average Bonchev–Trinajstić information content (AvgIpc) is 3.73. The van der Waals surface area contributed by atoms with Gasteiger partial charge in [0.05, 0.1) is 30.9 Å². The predicted octanol–water partition coefficient (Wildman–Crippen LogP) is 6.03. The molecule has 0 unspecified atom stereocenters. The Kier molecular flexibility index (Phi) is 9.01. The summed E-state index contributed by atoms with van der Waals surface area (Å²) in [5.74, 6) is -1.26. The van der Waals surface area contributed by atoms with Crippen molar-refractivity contribution in [3.05, 3.63) is 63.4 Å². The van der Waals surface area contributed by atoms with Gasteiger partial charge >= 0.3 is 12.1 Å². The van der Waals surface area contributed by atoms with Gasteiger partial charge in [-0.05, 0) is 92.9 Å². The molecule has 0 aromatic heterocycles. The standard InChI is InChI=1S/C30H33ClF4N2O5/c1-17-27(29(39)40-2)37(16-42-17)28(38)23-12-22(19-3-4-19)26(13-25(23)32)41-15-18-7-9-36(10-8-18)14-20-11-21(30(33,34)35)5-6-24(20)31/h5-6,11-13,17-19,27H,3-4,7-10,14-16H2,1-2H3/t17-,27+/m1/s1. The molecular formula is C30H33ClF4N2O5. The maximum Gasteiger partial charge on any atom is 0.416 e. The molecule has 0 bridgehead atoms. The van der Waals surface area contributed by atoms with Gasteiger partial charge in [-0.3, -0.25) is 14.6 Å². The maximum absolute atomic E-state index is 15.3. The molecule has 2 heterocycles. The van der Waals surface area contributed by atoms with E-state index < -0.39 is 41.6 Å². The number of carbonyl (C=O) groups is 2. The number of methoxy groups -OCH3 is 1. The van der Waals surface area contributed by atoms with Gasteiger partial charge in [0.2, 0.25) is 0 Å². The minimum atomic E-state index is -4.43. The van der Waals surface area contributed by atoms with Gasteiger partial charge in [-0.25, -0.2) is 9.18 Å². The van der Waals surface area contributed by atoms with Crippen LogP contribution >= 0.6 is 11.6 Å². The molecule has 3 aliphatic rings. The Morgan fingerprint density at radius 3 is 2.45 bits per heavy atom. The summed E-state index contributed by atoms with van der Waals surface area (Å²) < 4.78 is 71.1. The van der Waals surface area contributed by atoms with Crippen LogP contribution in [0.4, 0.5) is 17.6 Å². The molecule has 5 rings (SSSR count). The first kappa shape index (κ1) is 30.6. The van der Waals surface area contributed by atoms with Gasteiger partial charge in [-0.1, -0.05) is 11.6 Å². The third-order valence-corrected chi connectivity index (χ3v) is 8.62. The highest BCUT2D eigenvalue weighted by Crippen LogP contribution is 2.45. The predicted molar refractivity (Wildman–Crippen MR) is 146 cm³/mol. The van der Waals surface area contributed by atoms with Crippen LogP contribution in [0.5, 0.6) is 5.75 Å². The second-order valence-electron chi connectivity index (χ2n) is 11.2. The molecule has 42 heavy (non-hydrogen) atoms. The van der Waals surface area contributed by atoms with Crippen LogP contribution in [0.3, 0.4) is 0 Å². The van der Waals surface area contributed by atoms with Gasteiger partial charge in [0.15, 0.2) is 6.04 Å². The van der Waals surface area contributed by atoms with E-state index in [-0.39, 0.29) is 24.1 Å². The van der Waals surface area contributed by atoms with Gasteiger partial charge in [0.1, 0.15) is 18.3 Å². The molecule has 1 amide bonds. The van der Waals surface area contributed by atoms with Gasteiger partial charge in [0, 0.05) is 17.6 Å². The van der Waals surface area contributed by atoms with Crippen LogP contribution < -0.4 is 4.74 Å². The molecule has 12 heteroatoms. The van der Waals surface area contributed by atoms with Crippen LogP contribution in [0.25, 0.3) is 0 Å². The molecule has 2 saturated heterocycles. The molecular weight excluding hydrogens is 580 g/mol. The van der Waals surface area contributed by atoms with E-state index in [1.54, 1.807) is 6.92 Å². The van der Waals surface area contributed by atoms with Crippen molar-refractivity contribution in [2.45, 2.75) is 63.4 Å². The van der Waals surface area contributed by atoms with Crippen molar-refractivity contribution in [3.63, 3.8) is 0 Å². The molecule has 1 aliphatic carbocycles. The molecule has 2 aromatic rings. The zero-order chi connectivity index (χ0) is 30.2. The lowest BCUT2D eigenvalue weighted by molar-refractivity contribution is -0.145. The van der Waals surface area contributed by atoms with Crippen LogP contribution in [0.2, 0.25) is 5.02 Å². The largest absolute Gasteiger partial charge is 0.493 e. The number of halogens is 5. The van der Waals surface area contributed by atoms with E-state index in [2.05, 4.69) is 4.90 Å². The molecule has 0 spiro atoms. The fraction of sp³-hybridized carbons (Fsp3) is 0.533. The molecule has 0 radical (unpaired) electrons. The number of esters is 1. The van der Waals surface area contributed by atoms with Gasteiger partial charge < -0.3 is 14.2 Å². The number of likely N-dealkylation sites (tertiary alicyclic amines) is 1. The zero-order valence-electron chi connectivity index (χ0n) is 23.4. The molecule has 2 atom stereocenters. The highest BCUT2D eigenvalue weighted by atomic mass is 35.5. The van der Waals surface area contributed by atoms with Crippen molar-refractivity contribution in [1.29, 1.82) is 0 Å². The summed E-state index contributed by atoms with van der Waals surface area (Å²) in [4.78, 5) is 28.8. The van der Waals surface area contributed by atoms with E-state index in [0.29, 0.717) is 42.6 Å². The SMILES string of the molecule is COC(=O)[C@@H]1[C@@H](C)OCN1C(=O)c1cc(C2CC2)c(OCC2CCN(Cc3cc(C(F)(F)F)ccc3Cl)CC2)cc1F. The second kappa shape index (κ2) is 12.4. The molecule has 2 aromatic carbocycles. The number of ether oxygens (including phenoxy) is 3. The zero-order valence-corrected chi connectivity index (χ0v) is 24.1. The first-order valence-electron chi connectivity index (χ1n) is 14.0. The minimum absolute atomic E-state index is 0.141. The van der Waals surface area contributed by atoms with Gasteiger partial charge in [-0.15, -0.1) is 0 Å². The molecule has 3 fully saturated rings.